The summed E-state index contributed by atoms with van der Waals surface area (Å²) in [6, 6.07) is 14.0. The predicted molar refractivity (Wildman–Crippen MR) is 105 cm³/mol. The molecule has 27 heavy (non-hydrogen) atoms. The number of unbranched alkanes of at least 4 members (excludes halogenated alkanes) is 1. The van der Waals surface area contributed by atoms with Gasteiger partial charge >= 0.3 is 5.97 Å². The molecule has 0 aromatic heterocycles. The molecule has 0 heterocycles. The molecular weight excluding hydrogens is 344 g/mol. The van der Waals surface area contributed by atoms with Crippen LogP contribution in [0.25, 0.3) is 0 Å². The Bertz CT molecular complexity index is 800. The molecule has 2 aromatic rings. The van der Waals surface area contributed by atoms with Gasteiger partial charge in [0.2, 0.25) is 5.91 Å². The summed E-state index contributed by atoms with van der Waals surface area (Å²) >= 11 is 0. The number of esters is 1. The van der Waals surface area contributed by atoms with Gasteiger partial charge in [0, 0.05) is 18.3 Å². The summed E-state index contributed by atoms with van der Waals surface area (Å²) in [5.41, 5.74) is 2.63. The normalized spacial score (nSPS) is 10.1. The second kappa shape index (κ2) is 10.1. The van der Waals surface area contributed by atoms with Gasteiger partial charge in [0.25, 0.3) is 5.91 Å². The molecule has 0 aliphatic rings. The Balaban J connectivity index is 1.84. The molecule has 0 atom stereocenters. The van der Waals surface area contributed by atoms with E-state index in [9.17, 15) is 14.4 Å². The molecule has 6 heteroatoms. The number of rotatable bonds is 8. The number of hydrogen-bond acceptors (Lipinski definition) is 4. The van der Waals surface area contributed by atoms with Crippen LogP contribution in [0.3, 0.4) is 0 Å². The van der Waals surface area contributed by atoms with E-state index in [0.29, 0.717) is 11.4 Å². The van der Waals surface area contributed by atoms with E-state index in [-0.39, 0.29) is 18.1 Å². The van der Waals surface area contributed by atoms with Gasteiger partial charge in [0.05, 0.1) is 5.56 Å². The summed E-state index contributed by atoms with van der Waals surface area (Å²) in [5.74, 6) is -1.28. The molecule has 0 fully saturated rings. The molecule has 2 N–H and O–H groups in total. The summed E-state index contributed by atoms with van der Waals surface area (Å²) in [6.07, 6.45) is 3.28. The fraction of sp³-hybridized carbons (Fsp3) is 0.286. The molecule has 0 bridgehead atoms. The van der Waals surface area contributed by atoms with Gasteiger partial charge in [0.1, 0.15) is 0 Å². The van der Waals surface area contributed by atoms with Crippen LogP contribution in [0, 0.1) is 0 Å². The highest BCUT2D eigenvalue weighted by Crippen LogP contribution is 2.13. The molecule has 142 valence electrons. The molecule has 0 radical (unpaired) electrons. The first-order valence-corrected chi connectivity index (χ1v) is 8.91. The Morgan fingerprint density at radius 3 is 2.37 bits per heavy atom. The Morgan fingerprint density at radius 2 is 1.70 bits per heavy atom. The van der Waals surface area contributed by atoms with Gasteiger partial charge in [-0.2, -0.15) is 0 Å². The highest BCUT2D eigenvalue weighted by molar-refractivity contribution is 5.96. The molecule has 6 nitrogen and oxygen atoms in total. The lowest BCUT2D eigenvalue weighted by molar-refractivity contribution is -0.119. The zero-order valence-corrected chi connectivity index (χ0v) is 15.6. The van der Waals surface area contributed by atoms with E-state index in [4.69, 9.17) is 4.74 Å². The molecule has 0 aliphatic heterocycles. The van der Waals surface area contributed by atoms with E-state index >= 15 is 0 Å². The summed E-state index contributed by atoms with van der Waals surface area (Å²) < 4.78 is 5.04. The van der Waals surface area contributed by atoms with E-state index in [1.807, 2.05) is 24.3 Å². The minimum Gasteiger partial charge on any atom is -0.452 e. The lowest BCUT2D eigenvalue weighted by Crippen LogP contribution is -2.21. The Hall–Kier alpha value is -3.15. The molecule has 0 spiro atoms. The van der Waals surface area contributed by atoms with Crippen LogP contribution >= 0.6 is 0 Å². The van der Waals surface area contributed by atoms with E-state index < -0.39 is 11.9 Å². The molecule has 0 aliphatic carbocycles. The van der Waals surface area contributed by atoms with E-state index in [1.165, 1.54) is 18.6 Å². The smallest absolute Gasteiger partial charge is 0.338 e. The van der Waals surface area contributed by atoms with Crippen molar-refractivity contribution in [3.63, 3.8) is 0 Å². The predicted octanol–water partition coefficient (Wildman–Crippen LogP) is 3.78. The minimum absolute atomic E-state index is 0.236. The number of amides is 2. The minimum atomic E-state index is -0.632. The molecule has 0 unspecified atom stereocenters. The number of carbonyl (C=O) groups is 3. The topological polar surface area (TPSA) is 84.5 Å². The van der Waals surface area contributed by atoms with Crippen molar-refractivity contribution in [1.29, 1.82) is 0 Å². The van der Waals surface area contributed by atoms with Gasteiger partial charge in [-0.1, -0.05) is 31.5 Å². The lowest BCUT2D eigenvalue weighted by Gasteiger charge is -2.08. The zero-order chi connectivity index (χ0) is 19.6. The van der Waals surface area contributed by atoms with Crippen LogP contribution in [0.5, 0.6) is 0 Å². The summed E-state index contributed by atoms with van der Waals surface area (Å²) in [4.78, 5) is 35.1. The van der Waals surface area contributed by atoms with Crippen molar-refractivity contribution in [2.45, 2.75) is 33.1 Å². The number of aryl methyl sites for hydroxylation is 1. The summed E-state index contributed by atoms with van der Waals surface area (Å²) in [6.45, 7) is 3.14. The quantitative estimate of drug-likeness (QED) is 0.695. The van der Waals surface area contributed by atoms with Crippen molar-refractivity contribution >= 4 is 29.2 Å². The first-order chi connectivity index (χ1) is 13.0. The van der Waals surface area contributed by atoms with E-state index in [2.05, 4.69) is 17.6 Å². The van der Waals surface area contributed by atoms with Gasteiger partial charge in [0.15, 0.2) is 6.61 Å². The van der Waals surface area contributed by atoms with Crippen LogP contribution in [-0.2, 0) is 20.7 Å². The molecule has 2 aromatic carbocycles. The van der Waals surface area contributed by atoms with Crippen molar-refractivity contribution in [3.05, 3.63) is 59.7 Å². The number of ether oxygens (including phenoxy) is 1. The Kier molecular flexibility index (Phi) is 7.55. The van der Waals surface area contributed by atoms with Crippen LogP contribution in [0.1, 0.15) is 42.6 Å². The summed E-state index contributed by atoms with van der Waals surface area (Å²) in [7, 11) is 0. The van der Waals surface area contributed by atoms with E-state index in [1.54, 1.807) is 18.2 Å². The fourth-order valence-corrected chi connectivity index (χ4v) is 2.47. The lowest BCUT2D eigenvalue weighted by atomic mass is 10.1. The third kappa shape index (κ3) is 6.93. The average molecular weight is 368 g/mol. The highest BCUT2D eigenvalue weighted by Gasteiger charge is 2.11. The third-order valence-corrected chi connectivity index (χ3v) is 3.81. The molecule has 0 saturated heterocycles. The Morgan fingerprint density at radius 1 is 0.963 bits per heavy atom. The Labute approximate surface area is 158 Å². The number of hydrogen-bond donors (Lipinski definition) is 2. The zero-order valence-electron chi connectivity index (χ0n) is 15.6. The number of benzene rings is 2. The molecular formula is C21H24N2O4. The number of anilines is 2. The van der Waals surface area contributed by atoms with Crippen molar-refractivity contribution in [2.24, 2.45) is 0 Å². The number of nitrogens with one attached hydrogen (secondary N) is 2. The van der Waals surface area contributed by atoms with Crippen LogP contribution < -0.4 is 10.6 Å². The van der Waals surface area contributed by atoms with Gasteiger partial charge in [-0.15, -0.1) is 0 Å². The van der Waals surface area contributed by atoms with Gasteiger partial charge in [-0.3, -0.25) is 9.59 Å². The standard InChI is InChI=1S/C21H24N2O4/c1-3-4-6-16-9-11-18(12-10-16)23-20(25)14-27-21(26)17-7-5-8-19(13-17)22-15(2)24/h5,7-13H,3-4,6,14H2,1-2H3,(H,22,24)(H,23,25). The van der Waals surface area contributed by atoms with Gasteiger partial charge in [-0.25, -0.2) is 4.79 Å². The van der Waals surface area contributed by atoms with Crippen LogP contribution in [0.2, 0.25) is 0 Å². The maximum atomic E-state index is 12.1. The van der Waals surface area contributed by atoms with Crippen molar-refractivity contribution < 1.29 is 19.1 Å². The third-order valence-electron chi connectivity index (χ3n) is 3.81. The second-order valence-corrected chi connectivity index (χ2v) is 6.19. The van der Waals surface area contributed by atoms with Crippen molar-refractivity contribution in [3.8, 4) is 0 Å². The van der Waals surface area contributed by atoms with Gasteiger partial charge in [-0.05, 0) is 48.7 Å². The van der Waals surface area contributed by atoms with E-state index in [0.717, 1.165) is 19.3 Å². The first kappa shape index (κ1) is 20.2. The molecule has 2 amide bonds. The van der Waals surface area contributed by atoms with Gasteiger partial charge < -0.3 is 15.4 Å². The van der Waals surface area contributed by atoms with Crippen molar-refractivity contribution in [1.82, 2.24) is 0 Å². The first-order valence-electron chi connectivity index (χ1n) is 8.91. The monoisotopic (exact) mass is 368 g/mol. The van der Waals surface area contributed by atoms with Crippen LogP contribution in [0.4, 0.5) is 11.4 Å². The fourth-order valence-electron chi connectivity index (χ4n) is 2.47. The van der Waals surface area contributed by atoms with Crippen LogP contribution in [0.15, 0.2) is 48.5 Å². The maximum Gasteiger partial charge on any atom is 0.338 e. The van der Waals surface area contributed by atoms with Crippen molar-refractivity contribution in [2.75, 3.05) is 17.2 Å². The summed E-state index contributed by atoms with van der Waals surface area (Å²) in [5, 5.41) is 5.29. The molecule has 0 saturated carbocycles. The maximum absolute atomic E-state index is 12.1. The SMILES string of the molecule is CCCCc1ccc(NC(=O)COC(=O)c2cccc(NC(C)=O)c2)cc1. The number of carbonyl (C=O) groups excluding carboxylic acids is 3. The average Bonchev–Trinajstić information content (AvgIpc) is 2.65. The largest absolute Gasteiger partial charge is 0.452 e. The highest BCUT2D eigenvalue weighted by atomic mass is 16.5. The molecule has 2 rings (SSSR count). The van der Waals surface area contributed by atoms with Crippen LogP contribution in [-0.4, -0.2) is 24.4 Å². The second-order valence-electron chi connectivity index (χ2n) is 6.19.